The molecule has 0 bridgehead atoms. The van der Waals surface area contributed by atoms with Crippen LogP contribution in [0.5, 0.6) is 5.75 Å². The van der Waals surface area contributed by atoms with Crippen molar-refractivity contribution < 1.29 is 14.2 Å². The molecule has 1 aliphatic rings. The molecule has 0 spiro atoms. The molecule has 12 heteroatoms. The van der Waals surface area contributed by atoms with Crippen LogP contribution in [0.3, 0.4) is 0 Å². The zero-order valence-corrected chi connectivity index (χ0v) is 24.1. The van der Waals surface area contributed by atoms with Crippen LogP contribution in [0, 0.1) is 0 Å². The van der Waals surface area contributed by atoms with Crippen LogP contribution in [0.1, 0.15) is 42.7 Å². The Morgan fingerprint density at radius 2 is 2.05 bits per heavy atom. The minimum atomic E-state index is -0.0190. The van der Waals surface area contributed by atoms with Gasteiger partial charge in [-0.1, -0.05) is 6.92 Å². The van der Waals surface area contributed by atoms with E-state index in [-0.39, 0.29) is 19.6 Å². The molecule has 0 amide bonds. The number of aromatic nitrogens is 6. The van der Waals surface area contributed by atoms with Gasteiger partial charge in [0.05, 0.1) is 47.4 Å². The molecule has 0 unspecified atom stereocenters. The SMILES string of the molecule is CCc1cc(NCCOC)c2ncc(OCc3cncc(-n4cc([C@@H]5CCCO5)c5c(N)ncnc54)c3)cc2n1.S. The number of pyridine rings is 3. The maximum absolute atomic E-state index is 6.28. The number of anilines is 2. The summed E-state index contributed by atoms with van der Waals surface area (Å²) in [6.07, 6.45) is 11.6. The summed E-state index contributed by atoms with van der Waals surface area (Å²) in [7, 11) is 1.69. The second-order valence-corrected chi connectivity index (χ2v) is 9.73. The third-order valence-corrected chi connectivity index (χ3v) is 7.04. The van der Waals surface area contributed by atoms with Gasteiger partial charge in [-0.2, -0.15) is 13.5 Å². The molecule has 41 heavy (non-hydrogen) atoms. The fourth-order valence-corrected chi connectivity index (χ4v) is 5.06. The predicted molar refractivity (Wildman–Crippen MR) is 163 cm³/mol. The van der Waals surface area contributed by atoms with Gasteiger partial charge in [0, 0.05) is 55.5 Å². The summed E-state index contributed by atoms with van der Waals surface area (Å²) in [5.41, 5.74) is 13.3. The fraction of sp³-hybridized carbons (Fsp3) is 0.345. The van der Waals surface area contributed by atoms with Crippen LogP contribution in [-0.2, 0) is 22.5 Å². The molecular formula is C29H34N8O3S. The molecule has 5 aromatic rings. The molecule has 0 aliphatic carbocycles. The Hall–Kier alpha value is -4.00. The van der Waals surface area contributed by atoms with E-state index in [4.69, 9.17) is 24.9 Å². The first kappa shape index (κ1) is 28.5. The molecular weight excluding hydrogens is 540 g/mol. The highest BCUT2D eigenvalue weighted by atomic mass is 32.1. The number of nitrogens with zero attached hydrogens (tertiary/aromatic N) is 6. The van der Waals surface area contributed by atoms with Crippen LogP contribution in [0.4, 0.5) is 11.5 Å². The zero-order valence-electron chi connectivity index (χ0n) is 23.1. The smallest absolute Gasteiger partial charge is 0.150 e. The first-order valence-corrected chi connectivity index (χ1v) is 13.5. The molecule has 0 aromatic carbocycles. The summed E-state index contributed by atoms with van der Waals surface area (Å²) < 4.78 is 19.3. The van der Waals surface area contributed by atoms with Crippen LogP contribution in [0.25, 0.3) is 27.8 Å². The standard InChI is InChI=1S/C29H32N8O3.H2S/c1-3-19-10-23(32-6-8-38-2)27-24(36-19)11-21(14-33-27)40-16-18-9-20(13-31-12-18)37-15-22(25-5-4-7-39-25)26-28(30)34-17-35-29(26)37;/h9-15,17,25H,3-8,16H2,1-2H3,(H,32,36)(H2,30,34,35);1H2/t25-;/m0./s1. The van der Waals surface area contributed by atoms with E-state index in [1.807, 2.05) is 29.0 Å². The van der Waals surface area contributed by atoms with Gasteiger partial charge in [0.25, 0.3) is 0 Å². The van der Waals surface area contributed by atoms with Gasteiger partial charge in [0.15, 0.2) is 0 Å². The molecule has 0 saturated carbocycles. The summed E-state index contributed by atoms with van der Waals surface area (Å²) in [5.74, 6) is 1.08. The summed E-state index contributed by atoms with van der Waals surface area (Å²) in [6.45, 7) is 4.43. The molecule has 1 aliphatic heterocycles. The van der Waals surface area contributed by atoms with Crippen molar-refractivity contribution in [3.8, 4) is 11.4 Å². The van der Waals surface area contributed by atoms with Gasteiger partial charge in [-0.3, -0.25) is 14.5 Å². The van der Waals surface area contributed by atoms with Crippen molar-refractivity contribution in [3.63, 3.8) is 0 Å². The maximum Gasteiger partial charge on any atom is 0.150 e. The van der Waals surface area contributed by atoms with Crippen LogP contribution in [-0.4, -0.2) is 56.4 Å². The van der Waals surface area contributed by atoms with Crippen LogP contribution in [0.15, 0.2) is 49.3 Å². The van der Waals surface area contributed by atoms with Gasteiger partial charge >= 0.3 is 0 Å². The third kappa shape index (κ3) is 5.90. The summed E-state index contributed by atoms with van der Waals surface area (Å²) in [4.78, 5) is 22.6. The average Bonchev–Trinajstić information content (AvgIpc) is 3.65. The topological polar surface area (TPSA) is 135 Å². The molecule has 5 aromatic heterocycles. The number of nitrogens with one attached hydrogen (secondary N) is 1. The van der Waals surface area contributed by atoms with Crippen molar-refractivity contribution in [2.75, 3.05) is 37.9 Å². The summed E-state index contributed by atoms with van der Waals surface area (Å²) in [5, 5.41) is 4.22. The lowest BCUT2D eigenvalue weighted by molar-refractivity contribution is 0.113. The minimum Gasteiger partial charge on any atom is -0.487 e. The van der Waals surface area contributed by atoms with Crippen molar-refractivity contribution in [3.05, 3.63) is 66.1 Å². The van der Waals surface area contributed by atoms with E-state index in [2.05, 4.69) is 32.2 Å². The van der Waals surface area contributed by atoms with Gasteiger partial charge in [-0.25, -0.2) is 15.0 Å². The molecule has 0 radical (unpaired) electrons. The van der Waals surface area contributed by atoms with Crippen LogP contribution < -0.4 is 15.8 Å². The number of hydrogen-bond acceptors (Lipinski definition) is 10. The van der Waals surface area contributed by atoms with Crippen molar-refractivity contribution in [2.24, 2.45) is 0 Å². The van der Waals surface area contributed by atoms with Crippen molar-refractivity contribution in [1.29, 1.82) is 0 Å². The zero-order chi connectivity index (χ0) is 27.5. The Kier molecular flexibility index (Phi) is 8.81. The lowest BCUT2D eigenvalue weighted by atomic mass is 10.1. The Labute approximate surface area is 244 Å². The monoisotopic (exact) mass is 574 g/mol. The summed E-state index contributed by atoms with van der Waals surface area (Å²) >= 11 is 0. The number of hydrogen-bond donors (Lipinski definition) is 2. The predicted octanol–water partition coefficient (Wildman–Crippen LogP) is 4.50. The molecule has 6 rings (SSSR count). The number of nitrogens with two attached hydrogens (primary N) is 1. The molecule has 1 fully saturated rings. The van der Waals surface area contributed by atoms with Gasteiger partial charge in [-0.15, -0.1) is 0 Å². The highest BCUT2D eigenvalue weighted by Crippen LogP contribution is 2.37. The Morgan fingerprint density at radius 1 is 1.15 bits per heavy atom. The highest BCUT2D eigenvalue weighted by molar-refractivity contribution is 7.59. The lowest BCUT2D eigenvalue weighted by Crippen LogP contribution is -2.09. The molecule has 11 nitrogen and oxygen atoms in total. The second kappa shape index (κ2) is 12.7. The molecule has 1 atom stereocenters. The Bertz CT molecular complexity index is 1650. The number of methoxy groups -OCH3 is 1. The van der Waals surface area contributed by atoms with E-state index >= 15 is 0 Å². The number of rotatable bonds is 10. The van der Waals surface area contributed by atoms with Crippen LogP contribution in [0.2, 0.25) is 0 Å². The summed E-state index contributed by atoms with van der Waals surface area (Å²) in [6, 6.07) is 5.99. The van der Waals surface area contributed by atoms with Gasteiger partial charge in [0.1, 0.15) is 35.7 Å². The van der Waals surface area contributed by atoms with Crippen molar-refractivity contribution in [1.82, 2.24) is 29.5 Å². The molecule has 6 heterocycles. The fourth-order valence-electron chi connectivity index (χ4n) is 5.06. The number of aryl methyl sites for hydroxylation is 1. The maximum atomic E-state index is 6.28. The van der Waals surface area contributed by atoms with Gasteiger partial charge in [-0.05, 0) is 31.4 Å². The van der Waals surface area contributed by atoms with Crippen LogP contribution >= 0.6 is 13.5 Å². The number of nitrogen functional groups attached to an aromatic ring is 1. The largest absolute Gasteiger partial charge is 0.487 e. The van der Waals surface area contributed by atoms with E-state index in [0.717, 1.165) is 76.1 Å². The van der Waals surface area contributed by atoms with E-state index in [0.29, 0.717) is 31.3 Å². The second-order valence-electron chi connectivity index (χ2n) is 9.73. The Morgan fingerprint density at radius 3 is 2.85 bits per heavy atom. The average molecular weight is 575 g/mol. The van der Waals surface area contributed by atoms with E-state index in [1.54, 1.807) is 25.7 Å². The quantitative estimate of drug-likeness (QED) is 0.229. The normalized spacial score (nSPS) is 14.8. The molecule has 1 saturated heterocycles. The van der Waals surface area contributed by atoms with Gasteiger partial charge in [0.2, 0.25) is 0 Å². The first-order valence-electron chi connectivity index (χ1n) is 13.5. The molecule has 214 valence electrons. The highest BCUT2D eigenvalue weighted by Gasteiger charge is 2.25. The van der Waals surface area contributed by atoms with Crippen molar-refractivity contribution in [2.45, 2.75) is 38.9 Å². The number of ether oxygens (including phenoxy) is 3. The van der Waals surface area contributed by atoms with E-state index in [1.165, 1.54) is 6.33 Å². The number of fused-ring (bicyclic) bond motifs is 2. The van der Waals surface area contributed by atoms with Gasteiger partial charge < -0.3 is 25.3 Å². The van der Waals surface area contributed by atoms with E-state index < -0.39 is 0 Å². The van der Waals surface area contributed by atoms with E-state index in [9.17, 15) is 0 Å². The first-order chi connectivity index (χ1) is 19.6. The Balaban J connectivity index is 0.00000337. The minimum absolute atomic E-state index is 0. The van der Waals surface area contributed by atoms with Crippen molar-refractivity contribution >= 4 is 47.1 Å². The molecule has 3 N–H and O–H groups in total. The third-order valence-electron chi connectivity index (χ3n) is 7.04. The lowest BCUT2D eigenvalue weighted by Gasteiger charge is -2.12.